The molecule has 0 aliphatic carbocycles. The van der Waals surface area contributed by atoms with Gasteiger partial charge in [0.25, 0.3) is 0 Å². The quantitative estimate of drug-likeness (QED) is 0.770. The summed E-state index contributed by atoms with van der Waals surface area (Å²) in [6, 6.07) is 4.49. The van der Waals surface area contributed by atoms with Gasteiger partial charge in [-0.3, -0.25) is 0 Å². The SMILES string of the molecule is CNCc1c(C)[nH]c2c(C)cc(C)cc12. The Morgan fingerprint density at radius 1 is 1.20 bits per heavy atom. The van der Waals surface area contributed by atoms with Crippen molar-refractivity contribution in [3.63, 3.8) is 0 Å². The molecule has 1 aromatic carbocycles. The number of hydrogen-bond donors (Lipinski definition) is 2. The minimum absolute atomic E-state index is 0.925. The molecule has 0 fully saturated rings. The van der Waals surface area contributed by atoms with Gasteiger partial charge in [0.05, 0.1) is 0 Å². The standard InChI is InChI=1S/C13H18N2/c1-8-5-9(2)13-11(6-8)12(7-14-4)10(3)15-13/h5-6,14-15H,7H2,1-4H3. The van der Waals surface area contributed by atoms with Crippen LogP contribution in [0.15, 0.2) is 12.1 Å². The van der Waals surface area contributed by atoms with Gasteiger partial charge in [0, 0.05) is 23.1 Å². The number of aryl methyl sites for hydroxylation is 3. The Morgan fingerprint density at radius 2 is 1.93 bits per heavy atom. The molecule has 15 heavy (non-hydrogen) atoms. The van der Waals surface area contributed by atoms with Gasteiger partial charge in [-0.05, 0) is 45.0 Å². The van der Waals surface area contributed by atoms with E-state index in [2.05, 4.69) is 43.2 Å². The number of nitrogens with one attached hydrogen (secondary N) is 2. The van der Waals surface area contributed by atoms with E-state index in [1.165, 1.54) is 33.3 Å². The molecule has 0 radical (unpaired) electrons. The molecule has 0 unspecified atom stereocenters. The highest BCUT2D eigenvalue weighted by Crippen LogP contribution is 2.26. The predicted octanol–water partition coefficient (Wildman–Crippen LogP) is 2.81. The summed E-state index contributed by atoms with van der Waals surface area (Å²) in [6.07, 6.45) is 0. The summed E-state index contributed by atoms with van der Waals surface area (Å²) in [5, 5.41) is 4.58. The summed E-state index contributed by atoms with van der Waals surface area (Å²) in [7, 11) is 1.99. The van der Waals surface area contributed by atoms with E-state index < -0.39 is 0 Å². The van der Waals surface area contributed by atoms with Gasteiger partial charge in [-0.1, -0.05) is 11.6 Å². The Labute approximate surface area is 90.7 Å². The van der Waals surface area contributed by atoms with E-state index in [0.717, 1.165) is 6.54 Å². The fraction of sp³-hybridized carbons (Fsp3) is 0.385. The Bertz CT molecular complexity index is 495. The zero-order valence-corrected chi connectivity index (χ0v) is 9.86. The molecule has 0 saturated heterocycles. The first-order valence-corrected chi connectivity index (χ1v) is 5.36. The van der Waals surface area contributed by atoms with Crippen LogP contribution in [0.4, 0.5) is 0 Å². The van der Waals surface area contributed by atoms with Gasteiger partial charge in [0.15, 0.2) is 0 Å². The van der Waals surface area contributed by atoms with Crippen LogP contribution in [0.5, 0.6) is 0 Å². The second-order valence-corrected chi connectivity index (χ2v) is 4.26. The van der Waals surface area contributed by atoms with Crippen molar-refractivity contribution in [1.29, 1.82) is 0 Å². The normalized spacial score (nSPS) is 11.2. The van der Waals surface area contributed by atoms with Crippen molar-refractivity contribution >= 4 is 10.9 Å². The maximum absolute atomic E-state index is 3.47. The largest absolute Gasteiger partial charge is 0.358 e. The lowest BCUT2D eigenvalue weighted by Gasteiger charge is -2.02. The van der Waals surface area contributed by atoms with Gasteiger partial charge in [-0.25, -0.2) is 0 Å². The molecule has 2 aromatic rings. The van der Waals surface area contributed by atoms with E-state index >= 15 is 0 Å². The van der Waals surface area contributed by atoms with Crippen LogP contribution in [0.25, 0.3) is 10.9 Å². The lowest BCUT2D eigenvalue weighted by molar-refractivity contribution is 0.817. The third-order valence-corrected chi connectivity index (χ3v) is 2.92. The number of benzene rings is 1. The first kappa shape index (κ1) is 10.2. The van der Waals surface area contributed by atoms with Crippen molar-refractivity contribution in [1.82, 2.24) is 10.3 Å². The summed E-state index contributed by atoms with van der Waals surface area (Å²) in [4.78, 5) is 3.47. The molecule has 0 atom stereocenters. The van der Waals surface area contributed by atoms with Crippen molar-refractivity contribution < 1.29 is 0 Å². The van der Waals surface area contributed by atoms with Crippen molar-refractivity contribution in [3.8, 4) is 0 Å². The third-order valence-electron chi connectivity index (χ3n) is 2.92. The van der Waals surface area contributed by atoms with Crippen molar-refractivity contribution in [3.05, 3.63) is 34.5 Å². The maximum atomic E-state index is 3.47. The predicted molar refractivity (Wildman–Crippen MR) is 65.3 cm³/mol. The van der Waals surface area contributed by atoms with E-state index in [1.54, 1.807) is 0 Å². The molecule has 0 aliphatic rings. The highest BCUT2D eigenvalue weighted by molar-refractivity contribution is 5.87. The summed E-state index contributed by atoms with van der Waals surface area (Å²) in [6.45, 7) is 7.38. The molecular formula is C13H18N2. The minimum atomic E-state index is 0.925. The second-order valence-electron chi connectivity index (χ2n) is 4.26. The Kier molecular flexibility index (Phi) is 2.53. The zero-order valence-electron chi connectivity index (χ0n) is 9.86. The van der Waals surface area contributed by atoms with Gasteiger partial charge in [0.1, 0.15) is 0 Å². The fourth-order valence-electron chi connectivity index (χ4n) is 2.24. The van der Waals surface area contributed by atoms with Crippen LogP contribution in [-0.2, 0) is 6.54 Å². The van der Waals surface area contributed by atoms with E-state index in [9.17, 15) is 0 Å². The number of H-pyrrole nitrogens is 1. The monoisotopic (exact) mass is 202 g/mol. The van der Waals surface area contributed by atoms with Crippen molar-refractivity contribution in [2.75, 3.05) is 7.05 Å². The number of aromatic amines is 1. The molecule has 0 bridgehead atoms. The Hall–Kier alpha value is -1.28. The molecule has 0 amide bonds. The third kappa shape index (κ3) is 1.65. The minimum Gasteiger partial charge on any atom is -0.358 e. The van der Waals surface area contributed by atoms with Crippen LogP contribution in [0.3, 0.4) is 0 Å². The fourth-order valence-corrected chi connectivity index (χ4v) is 2.24. The summed E-state index contributed by atoms with van der Waals surface area (Å²) >= 11 is 0. The molecule has 2 heteroatoms. The smallest absolute Gasteiger partial charge is 0.0489 e. The summed E-state index contributed by atoms with van der Waals surface area (Å²) < 4.78 is 0. The molecule has 2 rings (SSSR count). The van der Waals surface area contributed by atoms with Crippen LogP contribution in [0.2, 0.25) is 0 Å². The molecule has 0 spiro atoms. The lowest BCUT2D eigenvalue weighted by Crippen LogP contribution is -2.05. The van der Waals surface area contributed by atoms with Gasteiger partial charge < -0.3 is 10.3 Å². The van der Waals surface area contributed by atoms with Gasteiger partial charge in [-0.15, -0.1) is 0 Å². The van der Waals surface area contributed by atoms with E-state index in [0.29, 0.717) is 0 Å². The zero-order chi connectivity index (χ0) is 11.0. The van der Waals surface area contributed by atoms with Gasteiger partial charge in [0.2, 0.25) is 0 Å². The maximum Gasteiger partial charge on any atom is 0.0489 e. The van der Waals surface area contributed by atoms with E-state index in [-0.39, 0.29) is 0 Å². The number of aromatic nitrogens is 1. The summed E-state index contributed by atoms with van der Waals surface area (Å²) in [5.41, 5.74) is 6.60. The molecule has 80 valence electrons. The van der Waals surface area contributed by atoms with Gasteiger partial charge >= 0.3 is 0 Å². The first-order chi connectivity index (χ1) is 7.13. The Morgan fingerprint density at radius 3 is 2.60 bits per heavy atom. The molecule has 0 saturated carbocycles. The van der Waals surface area contributed by atoms with E-state index in [4.69, 9.17) is 0 Å². The van der Waals surface area contributed by atoms with E-state index in [1.807, 2.05) is 7.05 Å². The second kappa shape index (κ2) is 3.70. The van der Waals surface area contributed by atoms with Crippen LogP contribution in [0.1, 0.15) is 22.4 Å². The van der Waals surface area contributed by atoms with Crippen LogP contribution >= 0.6 is 0 Å². The molecule has 2 nitrogen and oxygen atoms in total. The highest BCUT2D eigenvalue weighted by atomic mass is 14.8. The molecule has 2 N–H and O–H groups in total. The number of hydrogen-bond acceptors (Lipinski definition) is 1. The van der Waals surface area contributed by atoms with Crippen LogP contribution in [-0.4, -0.2) is 12.0 Å². The molecule has 0 aliphatic heterocycles. The molecular weight excluding hydrogens is 184 g/mol. The molecule has 1 aromatic heterocycles. The van der Waals surface area contributed by atoms with Crippen molar-refractivity contribution in [2.24, 2.45) is 0 Å². The lowest BCUT2D eigenvalue weighted by atomic mass is 10.1. The van der Waals surface area contributed by atoms with Crippen molar-refractivity contribution in [2.45, 2.75) is 27.3 Å². The first-order valence-electron chi connectivity index (χ1n) is 5.36. The molecule has 1 heterocycles. The van der Waals surface area contributed by atoms with Crippen LogP contribution in [0, 0.1) is 20.8 Å². The topological polar surface area (TPSA) is 27.8 Å². The number of fused-ring (bicyclic) bond motifs is 1. The number of rotatable bonds is 2. The van der Waals surface area contributed by atoms with Crippen LogP contribution < -0.4 is 5.32 Å². The summed E-state index contributed by atoms with van der Waals surface area (Å²) in [5.74, 6) is 0. The highest BCUT2D eigenvalue weighted by Gasteiger charge is 2.09. The Balaban J connectivity index is 2.74. The average Bonchev–Trinajstić information content (AvgIpc) is 2.46. The average molecular weight is 202 g/mol. The van der Waals surface area contributed by atoms with Gasteiger partial charge in [-0.2, -0.15) is 0 Å².